The van der Waals surface area contributed by atoms with E-state index >= 15 is 0 Å². The monoisotopic (exact) mass is 726 g/mol. The Balaban J connectivity index is 1.76. The third-order valence-corrected chi connectivity index (χ3v) is 8.54. The molecule has 0 atom stereocenters. The number of ether oxygens (including phenoxy) is 3. The molecule has 0 amide bonds. The number of benzene rings is 2. The van der Waals surface area contributed by atoms with Gasteiger partial charge in [0, 0.05) is 23.3 Å². The van der Waals surface area contributed by atoms with Crippen LogP contribution in [0.4, 0.5) is 0 Å². The summed E-state index contributed by atoms with van der Waals surface area (Å²) in [7, 11) is 0. The van der Waals surface area contributed by atoms with Gasteiger partial charge in [-0.05, 0) is 84.7 Å². The summed E-state index contributed by atoms with van der Waals surface area (Å²) in [4.78, 5) is 25.2. The van der Waals surface area contributed by atoms with E-state index in [4.69, 9.17) is 14.2 Å². The average molecular weight is 728 g/mol. The highest BCUT2D eigenvalue weighted by atomic mass is 127. The molecule has 2 aromatic carbocycles. The first-order valence-electron chi connectivity index (χ1n) is 14.2. The highest BCUT2D eigenvalue weighted by molar-refractivity contribution is 14.1. The van der Waals surface area contributed by atoms with Crippen LogP contribution in [0, 0.1) is 5.92 Å². The van der Waals surface area contributed by atoms with Gasteiger partial charge in [0.25, 0.3) is 0 Å². The van der Waals surface area contributed by atoms with E-state index in [1.807, 2.05) is 31.2 Å². The van der Waals surface area contributed by atoms with Crippen LogP contribution >= 0.6 is 38.5 Å². The topological polar surface area (TPSA) is 61.8 Å². The maximum atomic E-state index is 12.6. The molecule has 2 aromatic rings. The lowest BCUT2D eigenvalue weighted by atomic mass is 9.79. The normalized spacial score (nSPS) is 13.8. The number of Topliss-reactive ketones (excluding diaryl/α,β-unsaturated/α-hetero) is 2. The van der Waals surface area contributed by atoms with Crippen molar-refractivity contribution in [3.63, 3.8) is 0 Å². The first-order chi connectivity index (χ1) is 18.9. The standard InChI is InChI=1S/C33H44BrIO5/c1-7-39-31-27(32(2,3)4)16-25(29(37)19-35)17-30(31)40-12-8-11-33(5,6)26-14-23(21-38-20-22-9-10-22)13-24(15-26)28(36)18-34/h13-17,22H,7-12,18-21H2,1-6H3. The van der Waals surface area contributed by atoms with Crippen LogP contribution in [0.2, 0.25) is 0 Å². The molecule has 0 saturated heterocycles. The third-order valence-electron chi connectivity index (χ3n) is 7.34. The molecule has 7 heteroatoms. The summed E-state index contributed by atoms with van der Waals surface area (Å²) in [5.41, 5.74) is 4.15. The number of ketones is 2. The fourth-order valence-corrected chi connectivity index (χ4v) is 5.43. The predicted octanol–water partition coefficient (Wildman–Crippen LogP) is 8.64. The SMILES string of the molecule is CCOc1c(OCCCC(C)(C)c2cc(COCC3CC3)cc(C(=O)CBr)c2)cc(C(=O)CI)cc1C(C)(C)C. The summed E-state index contributed by atoms with van der Waals surface area (Å²) in [5, 5.41) is 0.297. The molecule has 0 aliphatic heterocycles. The maximum absolute atomic E-state index is 12.6. The number of halogens is 2. The molecule has 0 unspecified atom stereocenters. The summed E-state index contributed by atoms with van der Waals surface area (Å²) < 4.78 is 18.7. The van der Waals surface area contributed by atoms with Gasteiger partial charge < -0.3 is 14.2 Å². The quantitative estimate of drug-likeness (QED) is 0.0751. The Labute approximate surface area is 262 Å². The molecule has 5 nitrogen and oxygen atoms in total. The van der Waals surface area contributed by atoms with E-state index in [9.17, 15) is 9.59 Å². The number of carbonyl (C=O) groups is 2. The van der Waals surface area contributed by atoms with Crippen LogP contribution < -0.4 is 9.47 Å². The van der Waals surface area contributed by atoms with Crippen LogP contribution in [0.15, 0.2) is 30.3 Å². The van der Waals surface area contributed by atoms with Gasteiger partial charge >= 0.3 is 0 Å². The lowest BCUT2D eigenvalue weighted by molar-refractivity contribution is 0.101. The molecule has 220 valence electrons. The first kappa shape index (κ1) is 33.1. The van der Waals surface area contributed by atoms with Crippen molar-refractivity contribution in [2.45, 2.75) is 84.7 Å². The van der Waals surface area contributed by atoms with Crippen LogP contribution in [0.25, 0.3) is 0 Å². The van der Waals surface area contributed by atoms with Gasteiger partial charge in [0.2, 0.25) is 0 Å². The zero-order chi connectivity index (χ0) is 29.5. The molecule has 0 bridgehead atoms. The van der Waals surface area contributed by atoms with Gasteiger partial charge in [-0.1, -0.05) is 79.2 Å². The molecule has 0 radical (unpaired) electrons. The predicted molar refractivity (Wildman–Crippen MR) is 174 cm³/mol. The Morgan fingerprint density at radius 1 is 0.975 bits per heavy atom. The molecule has 0 spiro atoms. The number of alkyl halides is 2. The lowest BCUT2D eigenvalue weighted by Crippen LogP contribution is -2.20. The van der Waals surface area contributed by atoms with E-state index in [0.29, 0.717) is 46.8 Å². The smallest absolute Gasteiger partial charge is 0.173 e. The maximum Gasteiger partial charge on any atom is 0.173 e. The van der Waals surface area contributed by atoms with Crippen molar-refractivity contribution >= 4 is 50.1 Å². The molecule has 1 fully saturated rings. The van der Waals surface area contributed by atoms with E-state index in [0.717, 1.165) is 47.5 Å². The van der Waals surface area contributed by atoms with Gasteiger partial charge in [-0.2, -0.15) is 0 Å². The Morgan fingerprint density at radius 2 is 1.68 bits per heavy atom. The van der Waals surface area contributed by atoms with Crippen LogP contribution in [-0.2, 0) is 22.2 Å². The Bertz CT molecular complexity index is 1180. The van der Waals surface area contributed by atoms with Crippen LogP contribution in [0.5, 0.6) is 11.5 Å². The molecule has 1 saturated carbocycles. The van der Waals surface area contributed by atoms with Gasteiger partial charge in [0.1, 0.15) is 0 Å². The van der Waals surface area contributed by atoms with Crippen molar-refractivity contribution in [1.82, 2.24) is 0 Å². The number of hydrogen-bond acceptors (Lipinski definition) is 5. The summed E-state index contributed by atoms with van der Waals surface area (Å²) >= 11 is 5.43. The van der Waals surface area contributed by atoms with E-state index in [2.05, 4.69) is 79.2 Å². The highest BCUT2D eigenvalue weighted by Crippen LogP contribution is 2.41. The molecule has 0 heterocycles. The minimum Gasteiger partial charge on any atom is -0.490 e. The van der Waals surface area contributed by atoms with Crippen LogP contribution in [0.1, 0.15) is 105 Å². The van der Waals surface area contributed by atoms with Crippen LogP contribution in [0.3, 0.4) is 0 Å². The molecular weight excluding hydrogens is 683 g/mol. The molecule has 0 aromatic heterocycles. The molecule has 1 aliphatic rings. The van der Waals surface area contributed by atoms with E-state index < -0.39 is 0 Å². The summed E-state index contributed by atoms with van der Waals surface area (Å²) in [6.45, 7) is 15.1. The minimum atomic E-state index is -0.205. The van der Waals surface area contributed by atoms with E-state index in [1.165, 1.54) is 12.8 Å². The first-order valence-corrected chi connectivity index (χ1v) is 16.9. The second-order valence-corrected chi connectivity index (χ2v) is 13.7. The molecule has 0 N–H and O–H groups in total. The Hall–Kier alpha value is -1.45. The second kappa shape index (κ2) is 14.6. The molecular formula is C33H44BrIO5. The number of hydrogen-bond donors (Lipinski definition) is 0. The third kappa shape index (κ3) is 9.28. The largest absolute Gasteiger partial charge is 0.490 e. The summed E-state index contributed by atoms with van der Waals surface area (Å²) in [5.74, 6) is 2.20. The fraction of sp³-hybridized carbons (Fsp3) is 0.576. The Morgan fingerprint density at radius 3 is 2.27 bits per heavy atom. The van der Waals surface area contributed by atoms with E-state index in [1.54, 1.807) is 0 Å². The summed E-state index contributed by atoms with van der Waals surface area (Å²) in [6.07, 6.45) is 4.18. The van der Waals surface area contributed by atoms with Gasteiger partial charge in [-0.3, -0.25) is 9.59 Å². The van der Waals surface area contributed by atoms with Crippen molar-refractivity contribution in [3.05, 3.63) is 58.1 Å². The van der Waals surface area contributed by atoms with Gasteiger partial charge in [-0.15, -0.1) is 0 Å². The molecule has 1 aliphatic carbocycles. The van der Waals surface area contributed by atoms with Crippen LogP contribution in [-0.4, -0.2) is 41.1 Å². The molecule has 40 heavy (non-hydrogen) atoms. The van der Waals surface area contributed by atoms with Gasteiger partial charge in [-0.25, -0.2) is 0 Å². The van der Waals surface area contributed by atoms with Crippen molar-refractivity contribution in [2.24, 2.45) is 5.92 Å². The molecule has 3 rings (SSSR count). The fourth-order valence-electron chi connectivity index (χ4n) is 4.67. The highest BCUT2D eigenvalue weighted by Gasteiger charge is 2.27. The zero-order valence-electron chi connectivity index (χ0n) is 24.8. The number of carbonyl (C=O) groups excluding carboxylic acids is 2. The average Bonchev–Trinajstić information content (AvgIpc) is 3.74. The Kier molecular flexibility index (Phi) is 12.1. The minimum absolute atomic E-state index is 0.0727. The zero-order valence-corrected chi connectivity index (χ0v) is 28.6. The van der Waals surface area contributed by atoms with Crippen molar-refractivity contribution in [2.75, 3.05) is 29.6 Å². The van der Waals surface area contributed by atoms with Crippen molar-refractivity contribution < 1.29 is 23.8 Å². The number of rotatable bonds is 16. The van der Waals surface area contributed by atoms with Gasteiger partial charge in [0.05, 0.1) is 29.6 Å². The lowest BCUT2D eigenvalue weighted by Gasteiger charge is -2.27. The van der Waals surface area contributed by atoms with E-state index in [-0.39, 0.29) is 22.4 Å². The van der Waals surface area contributed by atoms with Crippen molar-refractivity contribution in [3.8, 4) is 11.5 Å². The van der Waals surface area contributed by atoms with Crippen molar-refractivity contribution in [1.29, 1.82) is 0 Å². The van der Waals surface area contributed by atoms with Gasteiger partial charge in [0.15, 0.2) is 23.1 Å². The second-order valence-electron chi connectivity index (χ2n) is 12.4. The summed E-state index contributed by atoms with van der Waals surface area (Å²) in [6, 6.07) is 9.95.